The summed E-state index contributed by atoms with van der Waals surface area (Å²) < 4.78 is 27.2. The van der Waals surface area contributed by atoms with E-state index in [-0.39, 0.29) is 18.4 Å². The summed E-state index contributed by atoms with van der Waals surface area (Å²) in [5.74, 6) is -4.10. The lowest BCUT2D eigenvalue weighted by Crippen LogP contribution is -2.28. The molecular formula is C11H11F2NO3. The van der Waals surface area contributed by atoms with Crippen molar-refractivity contribution in [2.24, 2.45) is 0 Å². The summed E-state index contributed by atoms with van der Waals surface area (Å²) in [4.78, 5) is 22.5. The van der Waals surface area contributed by atoms with E-state index in [9.17, 15) is 18.4 Å². The lowest BCUT2D eigenvalue weighted by molar-refractivity contribution is 0.00551. The maximum atomic E-state index is 13.0. The Morgan fingerprint density at radius 1 is 1.53 bits per heavy atom. The van der Waals surface area contributed by atoms with E-state index in [1.54, 1.807) is 0 Å². The molecule has 1 aromatic heterocycles. The molecule has 17 heavy (non-hydrogen) atoms. The van der Waals surface area contributed by atoms with Crippen LogP contribution in [-0.4, -0.2) is 21.6 Å². The van der Waals surface area contributed by atoms with Crippen LogP contribution in [0, 0.1) is 0 Å². The Kier molecular flexibility index (Phi) is 2.73. The number of carbonyl (C=O) groups is 1. The van der Waals surface area contributed by atoms with Gasteiger partial charge in [0, 0.05) is 25.1 Å². The molecule has 0 bridgehead atoms. The van der Waals surface area contributed by atoms with Crippen molar-refractivity contribution in [3.63, 3.8) is 0 Å². The van der Waals surface area contributed by atoms with E-state index in [0.29, 0.717) is 0 Å². The highest BCUT2D eigenvalue weighted by molar-refractivity contribution is 5.86. The van der Waals surface area contributed by atoms with Crippen LogP contribution < -0.4 is 5.56 Å². The molecule has 1 saturated carbocycles. The Balaban J connectivity index is 2.38. The van der Waals surface area contributed by atoms with Crippen molar-refractivity contribution in [2.45, 2.75) is 31.2 Å². The fraction of sp³-hybridized carbons (Fsp3) is 0.455. The average molecular weight is 243 g/mol. The van der Waals surface area contributed by atoms with Gasteiger partial charge in [0.1, 0.15) is 5.56 Å². The fourth-order valence-electron chi connectivity index (χ4n) is 2.12. The highest BCUT2D eigenvalue weighted by Crippen LogP contribution is 2.40. The molecule has 2 rings (SSSR count). The summed E-state index contributed by atoms with van der Waals surface area (Å²) in [6, 6.07) is 1.95. The van der Waals surface area contributed by atoms with Gasteiger partial charge in [0.15, 0.2) is 0 Å². The first-order valence-corrected chi connectivity index (χ1v) is 5.23. The van der Waals surface area contributed by atoms with Crippen LogP contribution in [0.5, 0.6) is 0 Å². The monoisotopic (exact) mass is 243 g/mol. The maximum Gasteiger partial charge on any atom is 0.341 e. The van der Waals surface area contributed by atoms with E-state index < -0.39 is 29.9 Å². The second-order valence-corrected chi connectivity index (χ2v) is 4.19. The van der Waals surface area contributed by atoms with E-state index in [2.05, 4.69) is 0 Å². The number of alkyl halides is 2. The molecule has 0 aromatic carbocycles. The highest BCUT2D eigenvalue weighted by atomic mass is 19.3. The minimum Gasteiger partial charge on any atom is -0.477 e. The molecule has 0 amide bonds. The van der Waals surface area contributed by atoms with Gasteiger partial charge < -0.3 is 9.67 Å². The summed E-state index contributed by atoms with van der Waals surface area (Å²) in [6.45, 7) is 0. The summed E-state index contributed by atoms with van der Waals surface area (Å²) in [7, 11) is 0. The molecule has 0 spiro atoms. The highest BCUT2D eigenvalue weighted by Gasteiger charge is 2.40. The van der Waals surface area contributed by atoms with E-state index in [4.69, 9.17) is 5.11 Å². The first-order valence-electron chi connectivity index (χ1n) is 5.23. The third-order valence-corrected chi connectivity index (χ3v) is 2.98. The SMILES string of the molecule is O=C(O)c1cccn(C2CCC(F)(F)C2)c1=O. The molecule has 1 aromatic rings. The Bertz CT molecular complexity index is 510. The Morgan fingerprint density at radius 2 is 2.24 bits per heavy atom. The maximum absolute atomic E-state index is 13.0. The van der Waals surface area contributed by atoms with Gasteiger partial charge in [0.25, 0.3) is 5.56 Å². The lowest BCUT2D eigenvalue weighted by Gasteiger charge is -2.14. The van der Waals surface area contributed by atoms with Crippen molar-refractivity contribution in [2.75, 3.05) is 0 Å². The molecule has 0 aliphatic heterocycles. The summed E-state index contributed by atoms with van der Waals surface area (Å²) in [5, 5.41) is 8.77. The minimum absolute atomic E-state index is 0.190. The molecule has 92 valence electrons. The molecule has 1 atom stereocenters. The Morgan fingerprint density at radius 3 is 2.76 bits per heavy atom. The van der Waals surface area contributed by atoms with Crippen molar-refractivity contribution < 1.29 is 18.7 Å². The predicted molar refractivity (Wildman–Crippen MR) is 55.5 cm³/mol. The number of aromatic carboxylic acids is 1. The third kappa shape index (κ3) is 2.20. The van der Waals surface area contributed by atoms with Gasteiger partial charge in [-0.05, 0) is 18.6 Å². The molecule has 1 N–H and O–H groups in total. The van der Waals surface area contributed by atoms with E-state index in [0.717, 1.165) is 4.57 Å². The van der Waals surface area contributed by atoms with Gasteiger partial charge in [0.2, 0.25) is 5.92 Å². The molecule has 1 unspecified atom stereocenters. The third-order valence-electron chi connectivity index (χ3n) is 2.98. The smallest absolute Gasteiger partial charge is 0.341 e. The van der Waals surface area contributed by atoms with E-state index in [1.165, 1.54) is 18.3 Å². The van der Waals surface area contributed by atoms with Crippen LogP contribution in [0.25, 0.3) is 0 Å². The molecule has 1 fully saturated rings. The first kappa shape index (κ1) is 11.8. The topological polar surface area (TPSA) is 59.3 Å². The van der Waals surface area contributed by atoms with Crippen LogP contribution >= 0.6 is 0 Å². The average Bonchev–Trinajstić information content (AvgIpc) is 2.58. The fourth-order valence-corrected chi connectivity index (χ4v) is 2.12. The number of halogens is 2. The molecule has 0 radical (unpaired) electrons. The van der Waals surface area contributed by atoms with Crippen LogP contribution in [0.4, 0.5) is 8.78 Å². The van der Waals surface area contributed by atoms with Crippen molar-refractivity contribution in [3.05, 3.63) is 34.2 Å². The lowest BCUT2D eigenvalue weighted by atomic mass is 10.2. The molecule has 1 heterocycles. The van der Waals surface area contributed by atoms with E-state index >= 15 is 0 Å². The van der Waals surface area contributed by atoms with Crippen LogP contribution in [0.15, 0.2) is 23.1 Å². The summed E-state index contributed by atoms with van der Waals surface area (Å²) in [5.41, 5.74) is -1.11. The van der Waals surface area contributed by atoms with Crippen molar-refractivity contribution in [1.82, 2.24) is 4.57 Å². The molecule has 6 heteroatoms. The number of hydrogen-bond donors (Lipinski definition) is 1. The van der Waals surface area contributed by atoms with Gasteiger partial charge in [-0.15, -0.1) is 0 Å². The second-order valence-electron chi connectivity index (χ2n) is 4.19. The van der Waals surface area contributed by atoms with Crippen LogP contribution in [-0.2, 0) is 0 Å². The van der Waals surface area contributed by atoms with Gasteiger partial charge in [-0.2, -0.15) is 0 Å². The van der Waals surface area contributed by atoms with Crippen LogP contribution in [0.1, 0.15) is 35.7 Å². The Hall–Kier alpha value is -1.72. The second kappa shape index (κ2) is 3.94. The molecule has 1 aliphatic carbocycles. The largest absolute Gasteiger partial charge is 0.477 e. The van der Waals surface area contributed by atoms with Crippen LogP contribution in [0.3, 0.4) is 0 Å². The molecule has 4 nitrogen and oxygen atoms in total. The zero-order valence-electron chi connectivity index (χ0n) is 8.90. The first-order chi connectivity index (χ1) is 7.91. The number of aromatic nitrogens is 1. The molecular weight excluding hydrogens is 232 g/mol. The molecule has 0 saturated heterocycles. The van der Waals surface area contributed by atoms with Gasteiger partial charge in [-0.3, -0.25) is 4.79 Å². The number of hydrogen-bond acceptors (Lipinski definition) is 2. The van der Waals surface area contributed by atoms with Gasteiger partial charge >= 0.3 is 5.97 Å². The summed E-state index contributed by atoms with van der Waals surface area (Å²) >= 11 is 0. The number of carboxylic acid groups (broad SMARTS) is 1. The van der Waals surface area contributed by atoms with Crippen molar-refractivity contribution in [3.8, 4) is 0 Å². The summed E-state index contributed by atoms with van der Waals surface area (Å²) in [6.07, 6.45) is 0.883. The van der Waals surface area contributed by atoms with Crippen molar-refractivity contribution >= 4 is 5.97 Å². The zero-order valence-corrected chi connectivity index (χ0v) is 8.90. The van der Waals surface area contributed by atoms with Crippen molar-refractivity contribution in [1.29, 1.82) is 0 Å². The van der Waals surface area contributed by atoms with Gasteiger partial charge in [-0.25, -0.2) is 13.6 Å². The van der Waals surface area contributed by atoms with Crippen LogP contribution in [0.2, 0.25) is 0 Å². The van der Waals surface area contributed by atoms with Gasteiger partial charge in [-0.1, -0.05) is 0 Å². The standard InChI is InChI=1S/C11H11F2NO3/c12-11(13)4-3-7(6-11)14-5-1-2-8(9(14)15)10(16)17/h1-2,5,7H,3-4,6H2,(H,16,17). The Labute approximate surface area is 95.5 Å². The number of nitrogens with zero attached hydrogens (tertiary/aromatic N) is 1. The normalized spacial score (nSPS) is 22.6. The zero-order chi connectivity index (χ0) is 12.6. The number of carboxylic acids is 1. The number of rotatable bonds is 2. The minimum atomic E-state index is -2.76. The number of pyridine rings is 1. The molecule has 1 aliphatic rings. The predicted octanol–water partition coefficient (Wildman–Crippen LogP) is 1.91. The quantitative estimate of drug-likeness (QED) is 0.863. The van der Waals surface area contributed by atoms with Gasteiger partial charge in [0.05, 0.1) is 0 Å². The van der Waals surface area contributed by atoms with E-state index in [1.807, 2.05) is 0 Å².